The molecule has 0 fully saturated rings. The van der Waals surface area contributed by atoms with Gasteiger partial charge < -0.3 is 10.1 Å². The smallest absolute Gasteiger partial charge is 0.273 e. The van der Waals surface area contributed by atoms with Crippen molar-refractivity contribution >= 4 is 22.7 Å². The van der Waals surface area contributed by atoms with Gasteiger partial charge in [-0.15, -0.1) is 11.3 Å². The first-order valence-electron chi connectivity index (χ1n) is 5.59. The lowest BCUT2D eigenvalue weighted by atomic mass is 10.2. The Bertz CT molecular complexity index is 572. The largest absolute Gasteiger partial charge is 0.494 e. The van der Waals surface area contributed by atoms with E-state index in [-0.39, 0.29) is 11.7 Å². The van der Waals surface area contributed by atoms with E-state index in [4.69, 9.17) is 4.74 Å². The van der Waals surface area contributed by atoms with Crippen LogP contribution in [0.5, 0.6) is 5.75 Å². The molecule has 0 aliphatic heterocycles. The van der Waals surface area contributed by atoms with Crippen molar-refractivity contribution in [3.8, 4) is 5.75 Å². The number of benzene rings is 1. The number of aromatic nitrogens is 1. The molecule has 100 valence electrons. The molecule has 7 heteroatoms. The minimum atomic E-state index is -0.448. The highest BCUT2D eigenvalue weighted by Gasteiger charge is 2.14. The molecule has 0 aliphatic carbocycles. The number of nitro groups is 1. The first-order valence-corrected chi connectivity index (χ1v) is 6.53. The second-order valence-corrected chi connectivity index (χ2v) is 4.64. The molecule has 1 unspecified atom stereocenters. The zero-order chi connectivity index (χ0) is 13.8. The standard InChI is InChI=1S/C12H13N3O3S/c1-8(11-6-19-7-13-11)14-10-4-3-9(15(16)17)5-12(10)18-2/h3-8,14H,1-2H3. The Kier molecular flexibility index (Phi) is 3.96. The van der Waals surface area contributed by atoms with Crippen LogP contribution in [0.1, 0.15) is 18.7 Å². The maximum absolute atomic E-state index is 10.7. The number of thiazole rings is 1. The van der Waals surface area contributed by atoms with E-state index >= 15 is 0 Å². The molecular weight excluding hydrogens is 266 g/mol. The molecule has 2 rings (SSSR count). The van der Waals surface area contributed by atoms with E-state index in [9.17, 15) is 10.1 Å². The van der Waals surface area contributed by atoms with Crippen molar-refractivity contribution in [2.24, 2.45) is 0 Å². The van der Waals surface area contributed by atoms with Gasteiger partial charge in [0.05, 0.1) is 41.0 Å². The summed E-state index contributed by atoms with van der Waals surface area (Å²) in [5.74, 6) is 0.441. The lowest BCUT2D eigenvalue weighted by molar-refractivity contribution is -0.384. The predicted molar refractivity (Wildman–Crippen MR) is 73.8 cm³/mol. The van der Waals surface area contributed by atoms with Gasteiger partial charge in [0.15, 0.2) is 0 Å². The maximum atomic E-state index is 10.7. The average molecular weight is 279 g/mol. The summed E-state index contributed by atoms with van der Waals surface area (Å²) < 4.78 is 5.17. The lowest BCUT2D eigenvalue weighted by Crippen LogP contribution is -2.08. The third kappa shape index (κ3) is 3.00. The Morgan fingerprint density at radius 3 is 2.89 bits per heavy atom. The molecular formula is C12H13N3O3S. The molecule has 0 bridgehead atoms. The summed E-state index contributed by atoms with van der Waals surface area (Å²) >= 11 is 1.52. The average Bonchev–Trinajstić information content (AvgIpc) is 2.92. The highest BCUT2D eigenvalue weighted by molar-refractivity contribution is 7.07. The van der Waals surface area contributed by atoms with Gasteiger partial charge in [-0.05, 0) is 13.0 Å². The lowest BCUT2D eigenvalue weighted by Gasteiger charge is -2.15. The fourth-order valence-electron chi connectivity index (χ4n) is 1.66. The number of rotatable bonds is 5. The molecule has 2 aromatic rings. The molecule has 1 N–H and O–H groups in total. The third-order valence-corrected chi connectivity index (χ3v) is 3.27. The van der Waals surface area contributed by atoms with Crippen LogP contribution in [0.25, 0.3) is 0 Å². The molecule has 1 aromatic carbocycles. The summed E-state index contributed by atoms with van der Waals surface area (Å²) in [7, 11) is 1.48. The predicted octanol–water partition coefficient (Wildman–Crippen LogP) is 3.23. The summed E-state index contributed by atoms with van der Waals surface area (Å²) in [5, 5.41) is 15.9. The fraction of sp³-hybridized carbons (Fsp3) is 0.250. The highest BCUT2D eigenvalue weighted by Crippen LogP contribution is 2.31. The third-order valence-electron chi connectivity index (χ3n) is 2.66. The first kappa shape index (κ1) is 13.3. The quantitative estimate of drug-likeness (QED) is 0.671. The number of hydrogen-bond donors (Lipinski definition) is 1. The van der Waals surface area contributed by atoms with Crippen molar-refractivity contribution in [3.05, 3.63) is 44.9 Å². The second-order valence-electron chi connectivity index (χ2n) is 3.92. The summed E-state index contributed by atoms with van der Waals surface area (Å²) in [5.41, 5.74) is 3.39. The van der Waals surface area contributed by atoms with E-state index in [1.807, 2.05) is 12.3 Å². The van der Waals surface area contributed by atoms with Gasteiger partial charge in [0.1, 0.15) is 5.75 Å². The van der Waals surface area contributed by atoms with Crippen molar-refractivity contribution in [2.75, 3.05) is 12.4 Å². The summed E-state index contributed by atoms with van der Waals surface area (Å²) in [6.45, 7) is 1.97. The number of methoxy groups -OCH3 is 1. The highest BCUT2D eigenvalue weighted by atomic mass is 32.1. The van der Waals surface area contributed by atoms with E-state index in [0.717, 1.165) is 5.69 Å². The Hall–Kier alpha value is -2.15. The molecule has 0 aliphatic rings. The summed E-state index contributed by atoms with van der Waals surface area (Å²) in [4.78, 5) is 14.5. The topological polar surface area (TPSA) is 77.3 Å². The van der Waals surface area contributed by atoms with Gasteiger partial charge in [0, 0.05) is 11.4 Å². The number of nitrogens with zero attached hydrogens (tertiary/aromatic N) is 2. The maximum Gasteiger partial charge on any atom is 0.273 e. The van der Waals surface area contributed by atoms with Crippen molar-refractivity contribution in [3.63, 3.8) is 0 Å². The van der Waals surface area contributed by atoms with Crippen molar-refractivity contribution < 1.29 is 9.66 Å². The molecule has 1 heterocycles. The molecule has 19 heavy (non-hydrogen) atoms. The zero-order valence-electron chi connectivity index (χ0n) is 10.5. The van der Waals surface area contributed by atoms with E-state index < -0.39 is 4.92 Å². The van der Waals surface area contributed by atoms with E-state index in [2.05, 4.69) is 10.3 Å². The molecule has 1 aromatic heterocycles. The first-order chi connectivity index (χ1) is 9.11. The monoisotopic (exact) mass is 279 g/mol. The Morgan fingerprint density at radius 2 is 2.32 bits per heavy atom. The van der Waals surface area contributed by atoms with Crippen molar-refractivity contribution in [1.82, 2.24) is 4.98 Å². The number of nitro benzene ring substituents is 1. The van der Waals surface area contributed by atoms with Gasteiger partial charge in [-0.2, -0.15) is 0 Å². The van der Waals surface area contributed by atoms with Gasteiger partial charge in [0.25, 0.3) is 5.69 Å². The van der Waals surface area contributed by atoms with Crippen LogP contribution < -0.4 is 10.1 Å². The molecule has 0 radical (unpaired) electrons. The van der Waals surface area contributed by atoms with Crippen LogP contribution in [-0.4, -0.2) is 17.0 Å². The number of nitrogens with one attached hydrogen (secondary N) is 1. The van der Waals surface area contributed by atoms with Gasteiger partial charge in [-0.3, -0.25) is 10.1 Å². The summed E-state index contributed by atoms with van der Waals surface area (Å²) in [6.07, 6.45) is 0. The van der Waals surface area contributed by atoms with Gasteiger partial charge in [-0.25, -0.2) is 4.98 Å². The Morgan fingerprint density at radius 1 is 1.53 bits per heavy atom. The number of non-ortho nitro benzene ring substituents is 1. The fourth-order valence-corrected chi connectivity index (χ4v) is 2.30. The van der Waals surface area contributed by atoms with Gasteiger partial charge in [-0.1, -0.05) is 0 Å². The van der Waals surface area contributed by atoms with Crippen LogP contribution in [0.15, 0.2) is 29.1 Å². The van der Waals surface area contributed by atoms with E-state index in [1.165, 1.54) is 30.6 Å². The van der Waals surface area contributed by atoms with Crippen LogP contribution in [0.2, 0.25) is 0 Å². The van der Waals surface area contributed by atoms with E-state index in [0.29, 0.717) is 11.4 Å². The van der Waals surface area contributed by atoms with Crippen LogP contribution in [0, 0.1) is 10.1 Å². The summed E-state index contributed by atoms with van der Waals surface area (Å²) in [6, 6.07) is 4.48. The van der Waals surface area contributed by atoms with Crippen LogP contribution in [-0.2, 0) is 0 Å². The normalized spacial score (nSPS) is 11.9. The van der Waals surface area contributed by atoms with Crippen molar-refractivity contribution in [2.45, 2.75) is 13.0 Å². The Labute approximate surface area is 114 Å². The molecule has 1 atom stereocenters. The van der Waals surface area contributed by atoms with Gasteiger partial charge >= 0.3 is 0 Å². The van der Waals surface area contributed by atoms with Crippen LogP contribution in [0.3, 0.4) is 0 Å². The van der Waals surface area contributed by atoms with E-state index in [1.54, 1.807) is 11.6 Å². The zero-order valence-corrected chi connectivity index (χ0v) is 11.3. The minimum Gasteiger partial charge on any atom is -0.494 e. The molecule has 0 amide bonds. The van der Waals surface area contributed by atoms with Crippen molar-refractivity contribution in [1.29, 1.82) is 0 Å². The van der Waals surface area contributed by atoms with Gasteiger partial charge in [0.2, 0.25) is 0 Å². The van der Waals surface area contributed by atoms with Crippen LogP contribution >= 0.6 is 11.3 Å². The second kappa shape index (κ2) is 5.66. The van der Waals surface area contributed by atoms with Crippen LogP contribution in [0.4, 0.5) is 11.4 Å². The Balaban J connectivity index is 2.22. The number of anilines is 1. The SMILES string of the molecule is COc1cc([N+](=O)[O-])ccc1NC(C)c1cscn1. The molecule has 0 spiro atoms. The minimum absolute atomic E-state index is 0.00149. The molecule has 6 nitrogen and oxygen atoms in total. The number of ether oxygens (including phenoxy) is 1. The molecule has 0 saturated carbocycles. The number of hydrogen-bond acceptors (Lipinski definition) is 6. The molecule has 0 saturated heterocycles.